The van der Waals surface area contributed by atoms with Crippen LogP contribution in [0.1, 0.15) is 33.6 Å². The van der Waals surface area contributed by atoms with Gasteiger partial charge >= 0.3 is 6.09 Å². The quantitative estimate of drug-likeness (QED) is 0.472. The fourth-order valence-corrected chi connectivity index (χ4v) is 2.87. The summed E-state index contributed by atoms with van der Waals surface area (Å²) in [6, 6.07) is 4.70. The lowest BCUT2D eigenvalue weighted by Gasteiger charge is -2.35. The van der Waals surface area contributed by atoms with Crippen LogP contribution in [0.3, 0.4) is 0 Å². The van der Waals surface area contributed by atoms with E-state index in [2.05, 4.69) is 10.3 Å². The number of benzene rings is 1. The van der Waals surface area contributed by atoms with Crippen LogP contribution in [0.4, 0.5) is 20.6 Å². The van der Waals surface area contributed by atoms with Crippen molar-refractivity contribution in [2.75, 3.05) is 23.9 Å². The largest absolute Gasteiger partial charge is 0.444 e. The molecule has 26 heavy (non-hydrogen) atoms. The van der Waals surface area contributed by atoms with Crippen LogP contribution in [0.15, 0.2) is 23.2 Å². The molecule has 1 aliphatic heterocycles. The van der Waals surface area contributed by atoms with Crippen LogP contribution in [-0.4, -0.2) is 42.5 Å². The molecule has 6 nitrogen and oxygen atoms in total. The normalized spacial score (nSPS) is 16.5. The highest BCUT2D eigenvalue weighted by atomic mass is 35.5. The molecule has 0 atom stereocenters. The van der Waals surface area contributed by atoms with Gasteiger partial charge in [0.05, 0.1) is 17.3 Å². The Bertz CT molecular complexity index is 668. The monoisotopic (exact) mass is 384 g/mol. The second kappa shape index (κ2) is 8.58. The minimum absolute atomic E-state index is 0.00673. The number of aliphatic imine (C=N–C) groups is 1. The van der Waals surface area contributed by atoms with E-state index in [0.29, 0.717) is 37.3 Å². The minimum Gasteiger partial charge on any atom is -0.444 e. The van der Waals surface area contributed by atoms with Gasteiger partial charge in [-0.1, -0.05) is 6.07 Å². The second-order valence-electron chi connectivity index (χ2n) is 7.25. The van der Waals surface area contributed by atoms with E-state index in [1.807, 2.05) is 25.7 Å². The van der Waals surface area contributed by atoms with Crippen molar-refractivity contribution >= 4 is 34.9 Å². The Kier molecular flexibility index (Phi) is 6.69. The van der Waals surface area contributed by atoms with E-state index in [0.717, 1.165) is 0 Å². The van der Waals surface area contributed by atoms with Gasteiger partial charge in [-0.05, 0) is 45.7 Å². The van der Waals surface area contributed by atoms with Crippen molar-refractivity contribution in [1.29, 1.82) is 0 Å². The summed E-state index contributed by atoms with van der Waals surface area (Å²) in [5.41, 5.74) is 6.04. The van der Waals surface area contributed by atoms with Crippen LogP contribution in [-0.2, 0) is 4.74 Å². The zero-order valence-electron chi connectivity index (χ0n) is 15.4. The van der Waals surface area contributed by atoms with E-state index in [9.17, 15) is 9.18 Å². The Hall–Kier alpha value is -2.02. The number of hydrogen-bond donors (Lipinski definition) is 2. The topological polar surface area (TPSA) is 80.0 Å². The molecule has 1 amide bonds. The van der Waals surface area contributed by atoms with E-state index in [1.54, 1.807) is 12.1 Å². The Morgan fingerprint density at radius 2 is 2.08 bits per heavy atom. The Balaban J connectivity index is 2.03. The highest BCUT2D eigenvalue weighted by molar-refractivity contribution is 6.28. The molecular weight excluding hydrogens is 359 g/mol. The number of alkyl halides is 1. The molecule has 1 aliphatic rings. The maximum atomic E-state index is 14.4. The number of nitrogens with one attached hydrogen (secondary N) is 1. The predicted octanol–water partition coefficient (Wildman–Crippen LogP) is 3.55. The summed E-state index contributed by atoms with van der Waals surface area (Å²) in [7, 11) is 0. The van der Waals surface area contributed by atoms with Crippen molar-refractivity contribution in [1.82, 2.24) is 5.32 Å². The van der Waals surface area contributed by atoms with Gasteiger partial charge in [0.25, 0.3) is 0 Å². The average molecular weight is 385 g/mol. The van der Waals surface area contributed by atoms with Gasteiger partial charge < -0.3 is 20.7 Å². The van der Waals surface area contributed by atoms with Crippen molar-refractivity contribution in [3.8, 4) is 0 Å². The fraction of sp³-hybridized carbons (Fsp3) is 0.556. The van der Waals surface area contributed by atoms with Crippen molar-refractivity contribution < 1.29 is 13.9 Å². The highest BCUT2D eigenvalue weighted by Crippen LogP contribution is 2.33. The first kappa shape index (κ1) is 20.3. The van der Waals surface area contributed by atoms with Crippen LogP contribution < -0.4 is 16.0 Å². The van der Waals surface area contributed by atoms with Crippen LogP contribution in [0.5, 0.6) is 0 Å². The number of hydrogen-bond acceptors (Lipinski definition) is 4. The SMILES string of the molecule is CC(C)(C)OC(=O)NC1CCN(c2c(F)cccc2N=C(N)CCl)CC1. The first-order chi connectivity index (χ1) is 12.2. The van der Waals surface area contributed by atoms with Gasteiger partial charge in [-0.2, -0.15) is 0 Å². The van der Waals surface area contributed by atoms with Crippen LogP contribution in [0.25, 0.3) is 0 Å². The van der Waals surface area contributed by atoms with E-state index >= 15 is 0 Å². The molecule has 1 saturated heterocycles. The summed E-state index contributed by atoms with van der Waals surface area (Å²) in [5.74, 6) is -0.0372. The Morgan fingerprint density at radius 1 is 1.42 bits per heavy atom. The molecule has 144 valence electrons. The van der Waals surface area contributed by atoms with E-state index < -0.39 is 11.7 Å². The number of amidine groups is 1. The molecule has 0 spiro atoms. The first-order valence-corrected chi connectivity index (χ1v) is 9.15. The summed E-state index contributed by atoms with van der Waals surface area (Å²) in [6.07, 6.45) is 0.936. The molecular formula is C18H26ClFN4O2. The number of ether oxygens (including phenoxy) is 1. The van der Waals surface area contributed by atoms with Gasteiger partial charge in [0.2, 0.25) is 0 Å². The maximum Gasteiger partial charge on any atom is 0.407 e. The van der Waals surface area contributed by atoms with Crippen LogP contribution >= 0.6 is 11.6 Å². The minimum atomic E-state index is -0.535. The lowest BCUT2D eigenvalue weighted by Crippen LogP contribution is -2.46. The number of amides is 1. The number of alkyl carbamates (subject to hydrolysis) is 1. The molecule has 2 rings (SSSR count). The maximum absolute atomic E-state index is 14.4. The molecule has 1 fully saturated rings. The van der Waals surface area contributed by atoms with Crippen molar-refractivity contribution in [3.63, 3.8) is 0 Å². The summed E-state index contributed by atoms with van der Waals surface area (Å²) in [5, 5.41) is 2.87. The van der Waals surface area contributed by atoms with Crippen LogP contribution in [0.2, 0.25) is 0 Å². The van der Waals surface area contributed by atoms with Gasteiger partial charge in [-0.25, -0.2) is 14.2 Å². The number of nitrogens with two attached hydrogens (primary N) is 1. The molecule has 1 aromatic rings. The van der Waals surface area contributed by atoms with Crippen molar-refractivity contribution in [2.24, 2.45) is 10.7 Å². The fourth-order valence-electron chi connectivity index (χ4n) is 2.81. The molecule has 1 heterocycles. The van der Waals surface area contributed by atoms with Gasteiger partial charge in [-0.15, -0.1) is 11.6 Å². The number of carbonyl (C=O) groups is 1. The van der Waals surface area contributed by atoms with E-state index in [4.69, 9.17) is 22.1 Å². The number of halogens is 2. The number of rotatable bonds is 4. The summed E-state index contributed by atoms with van der Waals surface area (Å²) < 4.78 is 19.7. The lowest BCUT2D eigenvalue weighted by molar-refractivity contribution is 0.0497. The number of nitrogens with zero attached hydrogens (tertiary/aromatic N) is 2. The number of anilines is 1. The summed E-state index contributed by atoms with van der Waals surface area (Å²) >= 11 is 5.68. The highest BCUT2D eigenvalue weighted by Gasteiger charge is 2.26. The first-order valence-electron chi connectivity index (χ1n) is 8.61. The average Bonchev–Trinajstić information content (AvgIpc) is 2.54. The summed E-state index contributed by atoms with van der Waals surface area (Å²) in [4.78, 5) is 18.0. The van der Waals surface area contributed by atoms with E-state index in [1.165, 1.54) is 6.07 Å². The smallest absolute Gasteiger partial charge is 0.407 e. The predicted molar refractivity (Wildman–Crippen MR) is 103 cm³/mol. The third-order valence-corrected chi connectivity index (χ3v) is 4.17. The third kappa shape index (κ3) is 5.76. The number of piperidine rings is 1. The third-order valence-electron chi connectivity index (χ3n) is 3.90. The summed E-state index contributed by atoms with van der Waals surface area (Å²) in [6.45, 7) is 6.64. The van der Waals surface area contributed by atoms with Gasteiger partial charge in [0.15, 0.2) is 0 Å². The molecule has 0 aromatic heterocycles. The molecule has 0 radical (unpaired) electrons. The number of carbonyl (C=O) groups excluding carboxylic acids is 1. The van der Waals surface area contributed by atoms with Crippen molar-refractivity contribution in [3.05, 3.63) is 24.0 Å². The van der Waals surface area contributed by atoms with E-state index in [-0.39, 0.29) is 23.6 Å². The lowest BCUT2D eigenvalue weighted by atomic mass is 10.0. The molecule has 3 N–H and O–H groups in total. The zero-order chi connectivity index (χ0) is 19.3. The van der Waals surface area contributed by atoms with Crippen molar-refractivity contribution in [2.45, 2.75) is 45.3 Å². The molecule has 0 saturated carbocycles. The van der Waals surface area contributed by atoms with Gasteiger partial charge in [0, 0.05) is 19.1 Å². The van der Waals surface area contributed by atoms with Crippen LogP contribution in [0, 0.1) is 5.82 Å². The molecule has 0 unspecified atom stereocenters. The zero-order valence-corrected chi connectivity index (χ0v) is 16.1. The standard InChI is InChI=1S/C18H26ClFN4O2/c1-18(2,3)26-17(25)22-12-7-9-24(10-8-12)16-13(20)5-4-6-14(16)23-15(21)11-19/h4-6,12H,7-11H2,1-3H3,(H2,21,23)(H,22,25). The molecule has 8 heteroatoms. The molecule has 0 aliphatic carbocycles. The molecule has 1 aromatic carbocycles. The number of para-hydroxylation sites is 1. The Labute approximate surface area is 158 Å². The van der Waals surface area contributed by atoms with Gasteiger partial charge in [-0.3, -0.25) is 0 Å². The second-order valence-corrected chi connectivity index (χ2v) is 7.52. The van der Waals surface area contributed by atoms with Gasteiger partial charge in [0.1, 0.15) is 17.3 Å². The Morgan fingerprint density at radius 3 is 2.65 bits per heavy atom. The molecule has 0 bridgehead atoms.